The van der Waals surface area contributed by atoms with Crippen LogP contribution in [0.25, 0.3) is 0 Å². The lowest BCUT2D eigenvalue weighted by molar-refractivity contribution is -0.137. The second kappa shape index (κ2) is 10.9. The summed E-state index contributed by atoms with van der Waals surface area (Å²) >= 11 is 0. The Kier molecular flexibility index (Phi) is 8.20. The quantitative estimate of drug-likeness (QED) is 0.583. The van der Waals surface area contributed by atoms with E-state index in [1.165, 1.54) is 48.2 Å². The third-order valence-corrected chi connectivity index (χ3v) is 7.24. The number of nitrogens with one attached hydrogen (secondary N) is 2. The van der Waals surface area contributed by atoms with Crippen LogP contribution in [0.15, 0.2) is 53.4 Å². The number of hydrogen-bond acceptors (Lipinski definition) is 4. The number of halogens is 1. The molecule has 178 valence electrons. The van der Waals surface area contributed by atoms with Crippen molar-refractivity contribution in [2.24, 2.45) is 0 Å². The molecule has 2 aromatic carbocycles. The van der Waals surface area contributed by atoms with Gasteiger partial charge in [0, 0.05) is 12.6 Å². The van der Waals surface area contributed by atoms with E-state index in [1.54, 1.807) is 12.1 Å². The number of carbonyl (C=O) groups excluding carboxylic acids is 2. The van der Waals surface area contributed by atoms with Crippen molar-refractivity contribution in [3.8, 4) is 0 Å². The van der Waals surface area contributed by atoms with Gasteiger partial charge in [-0.1, -0.05) is 42.7 Å². The molecule has 1 fully saturated rings. The molecule has 0 unspecified atom stereocenters. The Bertz CT molecular complexity index is 1070. The highest BCUT2D eigenvalue weighted by Gasteiger charge is 2.28. The van der Waals surface area contributed by atoms with Crippen molar-refractivity contribution in [2.45, 2.75) is 63.1 Å². The average molecular weight is 476 g/mol. The number of nitrogens with zero attached hydrogens (tertiary/aromatic N) is 1. The Morgan fingerprint density at radius 3 is 2.27 bits per heavy atom. The van der Waals surface area contributed by atoms with E-state index in [0.29, 0.717) is 5.56 Å². The van der Waals surface area contributed by atoms with Gasteiger partial charge >= 0.3 is 0 Å². The Balaban J connectivity index is 1.73. The second-order valence-corrected chi connectivity index (χ2v) is 10.2. The first kappa shape index (κ1) is 24.9. The number of rotatable bonds is 9. The number of sulfonamides is 1. The van der Waals surface area contributed by atoms with Crippen molar-refractivity contribution in [3.05, 3.63) is 65.5 Å². The summed E-state index contributed by atoms with van der Waals surface area (Å²) in [6.07, 6.45) is 3.93. The lowest BCUT2D eigenvalue weighted by Crippen LogP contribution is -2.50. The molecule has 1 atom stereocenters. The molecule has 9 heteroatoms. The van der Waals surface area contributed by atoms with E-state index in [2.05, 4.69) is 10.0 Å². The van der Waals surface area contributed by atoms with Gasteiger partial charge in [0.1, 0.15) is 5.82 Å². The van der Waals surface area contributed by atoms with E-state index in [9.17, 15) is 22.4 Å². The van der Waals surface area contributed by atoms with Crippen LogP contribution in [0.1, 0.15) is 43.7 Å². The maximum Gasteiger partial charge on any atom is 0.241 e. The standard InChI is InChI=1S/C24H30FN3O4S/c1-17-7-13-22(14-8-17)33(31,32)27-18(2)24(30)28(15-19-9-11-20(25)12-10-19)16-23(29)26-21-5-3-4-6-21/h7-14,18,21,27H,3-6,15-16H2,1-2H3,(H,26,29)/t18-/m1/s1. The topological polar surface area (TPSA) is 95.6 Å². The Morgan fingerprint density at radius 1 is 1.06 bits per heavy atom. The fourth-order valence-corrected chi connectivity index (χ4v) is 5.08. The SMILES string of the molecule is Cc1ccc(S(=O)(=O)N[C@H](C)C(=O)N(CC(=O)NC2CCCC2)Cc2ccc(F)cc2)cc1. The van der Waals surface area contributed by atoms with Crippen LogP contribution in [0, 0.1) is 12.7 Å². The summed E-state index contributed by atoms with van der Waals surface area (Å²) in [7, 11) is -3.93. The van der Waals surface area contributed by atoms with Crippen LogP contribution in [0.3, 0.4) is 0 Å². The molecule has 0 radical (unpaired) electrons. The highest BCUT2D eigenvalue weighted by atomic mass is 32.2. The van der Waals surface area contributed by atoms with E-state index < -0.39 is 27.8 Å². The number of hydrogen-bond donors (Lipinski definition) is 2. The molecule has 2 N–H and O–H groups in total. The van der Waals surface area contributed by atoms with Crippen LogP contribution in [-0.4, -0.2) is 43.8 Å². The number of carbonyl (C=O) groups is 2. The summed E-state index contributed by atoms with van der Waals surface area (Å²) in [5, 5.41) is 2.95. The van der Waals surface area contributed by atoms with Gasteiger partial charge in [-0.15, -0.1) is 0 Å². The number of benzene rings is 2. The van der Waals surface area contributed by atoms with Crippen molar-refractivity contribution in [1.82, 2.24) is 14.9 Å². The molecule has 7 nitrogen and oxygen atoms in total. The Morgan fingerprint density at radius 2 is 1.67 bits per heavy atom. The molecule has 0 saturated heterocycles. The van der Waals surface area contributed by atoms with Gasteiger partial charge in [-0.2, -0.15) is 4.72 Å². The molecule has 2 amide bonds. The van der Waals surface area contributed by atoms with Crippen LogP contribution < -0.4 is 10.0 Å². The van der Waals surface area contributed by atoms with Gasteiger partial charge in [0.2, 0.25) is 21.8 Å². The van der Waals surface area contributed by atoms with E-state index >= 15 is 0 Å². The second-order valence-electron chi connectivity index (χ2n) is 8.53. The van der Waals surface area contributed by atoms with Crippen molar-refractivity contribution in [3.63, 3.8) is 0 Å². The molecule has 1 aliphatic rings. The Labute approximate surface area is 194 Å². The first-order chi connectivity index (χ1) is 15.6. The zero-order valence-corrected chi connectivity index (χ0v) is 19.7. The van der Waals surface area contributed by atoms with Crippen LogP contribution in [0.4, 0.5) is 4.39 Å². The molecule has 33 heavy (non-hydrogen) atoms. The van der Waals surface area contributed by atoms with Crippen LogP contribution in [-0.2, 0) is 26.2 Å². The predicted octanol–water partition coefficient (Wildman–Crippen LogP) is 2.89. The summed E-state index contributed by atoms with van der Waals surface area (Å²) in [4.78, 5) is 27.2. The van der Waals surface area contributed by atoms with Crippen molar-refractivity contribution >= 4 is 21.8 Å². The van der Waals surface area contributed by atoms with Crippen LogP contribution in [0.5, 0.6) is 0 Å². The van der Waals surface area contributed by atoms with Gasteiger partial charge in [-0.3, -0.25) is 9.59 Å². The molecule has 0 heterocycles. The van der Waals surface area contributed by atoms with Gasteiger partial charge in [0.15, 0.2) is 0 Å². The lowest BCUT2D eigenvalue weighted by Gasteiger charge is -2.26. The predicted molar refractivity (Wildman–Crippen MR) is 123 cm³/mol. The molecule has 1 saturated carbocycles. The van der Waals surface area contributed by atoms with Crippen LogP contribution in [0.2, 0.25) is 0 Å². The number of aryl methyl sites for hydroxylation is 1. The summed E-state index contributed by atoms with van der Waals surface area (Å²) in [5.41, 5.74) is 1.55. The molecule has 2 aromatic rings. The molecule has 0 bridgehead atoms. The third kappa shape index (κ3) is 7.10. The molecule has 3 rings (SSSR count). The third-order valence-electron chi connectivity index (χ3n) is 5.69. The van der Waals surface area contributed by atoms with Gasteiger partial charge < -0.3 is 10.2 Å². The summed E-state index contributed by atoms with van der Waals surface area (Å²) in [6, 6.07) is 10.9. The molecule has 0 aromatic heterocycles. The molecular weight excluding hydrogens is 445 g/mol. The molecule has 0 spiro atoms. The van der Waals surface area contributed by atoms with E-state index in [1.807, 2.05) is 6.92 Å². The highest BCUT2D eigenvalue weighted by Crippen LogP contribution is 2.18. The summed E-state index contributed by atoms with van der Waals surface area (Å²) < 4.78 is 41.2. The normalized spacial score (nSPS) is 15.2. The largest absolute Gasteiger partial charge is 0.352 e. The fraction of sp³-hybridized carbons (Fsp3) is 0.417. The Hall–Kier alpha value is -2.78. The van der Waals surface area contributed by atoms with Gasteiger partial charge in [0.25, 0.3) is 0 Å². The van der Waals surface area contributed by atoms with Crippen molar-refractivity contribution in [1.29, 1.82) is 0 Å². The van der Waals surface area contributed by atoms with E-state index in [0.717, 1.165) is 31.2 Å². The van der Waals surface area contributed by atoms with Gasteiger partial charge in [-0.05, 0) is 56.5 Å². The monoisotopic (exact) mass is 475 g/mol. The zero-order valence-electron chi connectivity index (χ0n) is 18.9. The highest BCUT2D eigenvalue weighted by molar-refractivity contribution is 7.89. The lowest BCUT2D eigenvalue weighted by atomic mass is 10.2. The van der Waals surface area contributed by atoms with Crippen LogP contribution >= 0.6 is 0 Å². The van der Waals surface area contributed by atoms with E-state index in [4.69, 9.17) is 0 Å². The van der Waals surface area contributed by atoms with Gasteiger partial charge in [-0.25, -0.2) is 12.8 Å². The zero-order chi connectivity index (χ0) is 24.0. The smallest absolute Gasteiger partial charge is 0.241 e. The summed E-state index contributed by atoms with van der Waals surface area (Å²) in [5.74, 6) is -1.25. The maximum atomic E-state index is 13.3. The van der Waals surface area contributed by atoms with E-state index in [-0.39, 0.29) is 29.9 Å². The fourth-order valence-electron chi connectivity index (χ4n) is 3.88. The number of amides is 2. The average Bonchev–Trinajstić information content (AvgIpc) is 3.27. The molecule has 1 aliphatic carbocycles. The maximum absolute atomic E-state index is 13.3. The summed E-state index contributed by atoms with van der Waals surface area (Å²) in [6.45, 7) is 3.12. The minimum absolute atomic E-state index is 0.0494. The van der Waals surface area contributed by atoms with Gasteiger partial charge in [0.05, 0.1) is 17.5 Å². The van der Waals surface area contributed by atoms with Crippen molar-refractivity contribution in [2.75, 3.05) is 6.54 Å². The molecular formula is C24H30FN3O4S. The first-order valence-corrected chi connectivity index (χ1v) is 12.5. The minimum atomic E-state index is -3.93. The minimum Gasteiger partial charge on any atom is -0.352 e. The first-order valence-electron chi connectivity index (χ1n) is 11.1. The molecule has 0 aliphatic heterocycles. The van der Waals surface area contributed by atoms with Crippen molar-refractivity contribution < 1.29 is 22.4 Å².